The zero-order valence-corrected chi connectivity index (χ0v) is 9.14. The molecule has 0 radical (unpaired) electrons. The summed E-state index contributed by atoms with van der Waals surface area (Å²) < 4.78 is 0. The van der Waals surface area contributed by atoms with Gasteiger partial charge in [0, 0.05) is 6.54 Å². The fraction of sp³-hybridized carbons (Fsp3) is 0.909. The first kappa shape index (κ1) is 11.5. The lowest BCUT2D eigenvalue weighted by Gasteiger charge is -2.22. The van der Waals surface area contributed by atoms with E-state index in [0.29, 0.717) is 0 Å². The van der Waals surface area contributed by atoms with Crippen molar-refractivity contribution in [2.24, 2.45) is 5.73 Å². The monoisotopic (exact) mass is 198 g/mol. The lowest BCUT2D eigenvalue weighted by Crippen LogP contribution is -2.52. The van der Waals surface area contributed by atoms with Crippen molar-refractivity contribution in [1.29, 1.82) is 0 Å². The quantitative estimate of drug-likeness (QED) is 0.659. The van der Waals surface area contributed by atoms with Crippen molar-refractivity contribution in [2.45, 2.75) is 57.4 Å². The maximum absolute atomic E-state index is 11.7. The van der Waals surface area contributed by atoms with Gasteiger partial charge < -0.3 is 11.1 Å². The van der Waals surface area contributed by atoms with Crippen molar-refractivity contribution in [3.8, 4) is 0 Å². The minimum absolute atomic E-state index is 0.0612. The number of hydrogen-bond acceptors (Lipinski definition) is 2. The van der Waals surface area contributed by atoms with Gasteiger partial charge in [-0.1, -0.05) is 32.6 Å². The highest BCUT2D eigenvalue weighted by molar-refractivity contribution is 5.86. The van der Waals surface area contributed by atoms with E-state index in [2.05, 4.69) is 12.2 Å². The molecule has 0 aliphatic heterocycles. The molecule has 3 heteroatoms. The molecule has 3 N–H and O–H groups in total. The number of nitrogens with two attached hydrogens (primary N) is 1. The summed E-state index contributed by atoms with van der Waals surface area (Å²) in [7, 11) is 0. The van der Waals surface area contributed by atoms with Gasteiger partial charge in [0.15, 0.2) is 0 Å². The molecular weight excluding hydrogens is 176 g/mol. The molecule has 0 atom stereocenters. The highest BCUT2D eigenvalue weighted by Crippen LogP contribution is 2.27. The average molecular weight is 198 g/mol. The van der Waals surface area contributed by atoms with E-state index in [-0.39, 0.29) is 5.91 Å². The van der Waals surface area contributed by atoms with E-state index in [4.69, 9.17) is 5.73 Å². The summed E-state index contributed by atoms with van der Waals surface area (Å²) in [5.41, 5.74) is 5.46. The van der Waals surface area contributed by atoms with Crippen molar-refractivity contribution in [1.82, 2.24) is 5.32 Å². The zero-order chi connectivity index (χ0) is 10.4. The van der Waals surface area contributed by atoms with Crippen LogP contribution >= 0.6 is 0 Å². The van der Waals surface area contributed by atoms with E-state index in [9.17, 15) is 4.79 Å². The third kappa shape index (κ3) is 2.98. The van der Waals surface area contributed by atoms with Crippen LogP contribution in [0.1, 0.15) is 51.9 Å². The molecule has 1 rings (SSSR count). The minimum Gasteiger partial charge on any atom is -0.355 e. The Hall–Kier alpha value is -0.570. The van der Waals surface area contributed by atoms with Crippen LogP contribution in [0.3, 0.4) is 0 Å². The van der Waals surface area contributed by atoms with Gasteiger partial charge in [0.05, 0.1) is 5.54 Å². The Balaban J connectivity index is 2.20. The van der Waals surface area contributed by atoms with E-state index in [1.54, 1.807) is 0 Å². The first-order valence-electron chi connectivity index (χ1n) is 5.76. The number of rotatable bonds is 5. The van der Waals surface area contributed by atoms with E-state index >= 15 is 0 Å². The molecule has 1 fully saturated rings. The van der Waals surface area contributed by atoms with Crippen LogP contribution in [0, 0.1) is 0 Å². The largest absolute Gasteiger partial charge is 0.355 e. The first-order valence-corrected chi connectivity index (χ1v) is 5.76. The van der Waals surface area contributed by atoms with Gasteiger partial charge in [-0.2, -0.15) is 0 Å². The van der Waals surface area contributed by atoms with Gasteiger partial charge in [0.1, 0.15) is 0 Å². The highest BCUT2D eigenvalue weighted by Gasteiger charge is 2.36. The Bertz CT molecular complexity index is 186. The summed E-state index contributed by atoms with van der Waals surface area (Å²) in [5.74, 6) is 0.0612. The molecule has 1 amide bonds. The van der Waals surface area contributed by atoms with Crippen molar-refractivity contribution in [2.75, 3.05) is 6.54 Å². The van der Waals surface area contributed by atoms with Crippen molar-refractivity contribution >= 4 is 5.91 Å². The van der Waals surface area contributed by atoms with Gasteiger partial charge in [-0.3, -0.25) is 4.79 Å². The summed E-state index contributed by atoms with van der Waals surface area (Å²) in [5, 5.41) is 2.94. The van der Waals surface area contributed by atoms with Gasteiger partial charge in [-0.25, -0.2) is 0 Å². The zero-order valence-electron chi connectivity index (χ0n) is 9.14. The van der Waals surface area contributed by atoms with Crippen LogP contribution in [0.5, 0.6) is 0 Å². The highest BCUT2D eigenvalue weighted by atomic mass is 16.2. The molecule has 0 saturated heterocycles. The Labute approximate surface area is 86.4 Å². The molecule has 14 heavy (non-hydrogen) atoms. The Morgan fingerprint density at radius 2 is 2.00 bits per heavy atom. The van der Waals surface area contributed by atoms with Gasteiger partial charge in [-0.05, 0) is 19.3 Å². The molecule has 0 spiro atoms. The molecule has 0 bridgehead atoms. The van der Waals surface area contributed by atoms with Crippen LogP contribution in [0.15, 0.2) is 0 Å². The Kier molecular flexibility index (Phi) is 4.39. The molecule has 1 aliphatic carbocycles. The lowest BCUT2D eigenvalue weighted by molar-refractivity contribution is -0.126. The number of hydrogen-bond donors (Lipinski definition) is 2. The third-order valence-corrected chi connectivity index (χ3v) is 3.01. The van der Waals surface area contributed by atoms with E-state index in [1.807, 2.05) is 0 Å². The van der Waals surface area contributed by atoms with Crippen molar-refractivity contribution in [3.63, 3.8) is 0 Å². The molecule has 0 heterocycles. The maximum atomic E-state index is 11.7. The summed E-state index contributed by atoms with van der Waals surface area (Å²) >= 11 is 0. The second-order valence-corrected chi connectivity index (χ2v) is 4.33. The number of nitrogens with one attached hydrogen (secondary N) is 1. The molecule has 0 aromatic rings. The normalized spacial score (nSPS) is 19.6. The summed E-state index contributed by atoms with van der Waals surface area (Å²) in [6.45, 7) is 2.94. The molecule has 0 unspecified atom stereocenters. The van der Waals surface area contributed by atoms with Crippen LogP contribution in [0.25, 0.3) is 0 Å². The fourth-order valence-corrected chi connectivity index (χ4v) is 1.99. The number of carbonyl (C=O) groups excluding carboxylic acids is 1. The van der Waals surface area contributed by atoms with Crippen LogP contribution in [0.2, 0.25) is 0 Å². The van der Waals surface area contributed by atoms with E-state index in [0.717, 1.165) is 38.6 Å². The first-order chi connectivity index (χ1) is 6.69. The SMILES string of the molecule is CCCCCNC(=O)C1(N)CCCC1. The summed E-state index contributed by atoms with van der Waals surface area (Å²) in [6, 6.07) is 0. The molecule has 0 aromatic carbocycles. The number of carbonyl (C=O) groups is 1. The summed E-state index contributed by atoms with van der Waals surface area (Å²) in [6.07, 6.45) is 7.33. The van der Waals surface area contributed by atoms with Crippen LogP contribution in [0.4, 0.5) is 0 Å². The third-order valence-electron chi connectivity index (χ3n) is 3.01. The number of amides is 1. The minimum atomic E-state index is -0.549. The second kappa shape index (κ2) is 5.35. The van der Waals surface area contributed by atoms with E-state index < -0.39 is 5.54 Å². The molecular formula is C11H22N2O. The lowest BCUT2D eigenvalue weighted by atomic mass is 9.98. The van der Waals surface area contributed by atoms with Crippen LogP contribution < -0.4 is 11.1 Å². The van der Waals surface area contributed by atoms with Gasteiger partial charge in [0.25, 0.3) is 0 Å². The van der Waals surface area contributed by atoms with Gasteiger partial charge in [-0.15, -0.1) is 0 Å². The predicted molar refractivity (Wildman–Crippen MR) is 57.9 cm³/mol. The van der Waals surface area contributed by atoms with E-state index in [1.165, 1.54) is 12.8 Å². The maximum Gasteiger partial charge on any atom is 0.240 e. The fourth-order valence-electron chi connectivity index (χ4n) is 1.99. The van der Waals surface area contributed by atoms with Crippen molar-refractivity contribution < 1.29 is 4.79 Å². The van der Waals surface area contributed by atoms with Crippen molar-refractivity contribution in [3.05, 3.63) is 0 Å². The molecule has 0 aromatic heterocycles. The Morgan fingerprint density at radius 1 is 1.36 bits per heavy atom. The van der Waals surface area contributed by atoms with Crippen LogP contribution in [-0.2, 0) is 4.79 Å². The molecule has 1 saturated carbocycles. The van der Waals surface area contributed by atoms with Gasteiger partial charge >= 0.3 is 0 Å². The standard InChI is InChI=1S/C11H22N2O/c1-2-3-6-9-13-10(14)11(12)7-4-5-8-11/h2-9,12H2,1H3,(H,13,14). The molecule has 82 valence electrons. The van der Waals surface area contributed by atoms with Crippen LogP contribution in [-0.4, -0.2) is 18.0 Å². The smallest absolute Gasteiger partial charge is 0.240 e. The topological polar surface area (TPSA) is 55.1 Å². The number of unbranched alkanes of at least 4 members (excludes halogenated alkanes) is 2. The summed E-state index contributed by atoms with van der Waals surface area (Å²) in [4.78, 5) is 11.7. The molecule has 1 aliphatic rings. The average Bonchev–Trinajstić information content (AvgIpc) is 2.61. The second-order valence-electron chi connectivity index (χ2n) is 4.33. The predicted octanol–water partition coefficient (Wildman–Crippen LogP) is 1.56. The molecule has 3 nitrogen and oxygen atoms in total. The Morgan fingerprint density at radius 3 is 2.57 bits per heavy atom. The van der Waals surface area contributed by atoms with Gasteiger partial charge in [0.2, 0.25) is 5.91 Å².